The zero-order chi connectivity index (χ0) is 19.3. The number of hydrogen-bond donors (Lipinski definition) is 4. The molecule has 3 aliphatic carbocycles. The lowest BCUT2D eigenvalue weighted by molar-refractivity contribution is -0.292. The Kier molecular flexibility index (Phi) is 3.42. The van der Waals surface area contributed by atoms with Crippen molar-refractivity contribution in [3.05, 3.63) is 23.8 Å². The fourth-order valence-electron chi connectivity index (χ4n) is 6.26. The Morgan fingerprint density at radius 2 is 1.85 bits per heavy atom. The summed E-state index contributed by atoms with van der Waals surface area (Å²) in [5.74, 6) is -3.26. The average Bonchev–Trinajstić information content (AvgIpc) is 2.75. The maximum absolute atomic E-state index is 13.3. The second-order valence-electron chi connectivity index (χ2n) is 9.45. The number of ketones is 1. The van der Waals surface area contributed by atoms with E-state index >= 15 is 0 Å². The van der Waals surface area contributed by atoms with E-state index in [4.69, 9.17) is 4.74 Å². The van der Waals surface area contributed by atoms with Gasteiger partial charge in [0.05, 0.1) is 24.2 Å². The van der Waals surface area contributed by atoms with Crippen LogP contribution >= 0.6 is 0 Å². The highest BCUT2D eigenvalue weighted by Gasteiger charge is 2.82. The van der Waals surface area contributed by atoms with Gasteiger partial charge in [-0.2, -0.15) is 0 Å². The predicted octanol–water partition coefficient (Wildman–Crippen LogP) is 0.830. The standard InChI is InChI=1S/C20H28O6/c1-5-17(4)9-11(21)13-12(14(17)22)15(23)19(24)20(25)16(2,3)7-6-8-18(13,20)10-26-19/h5,11,14,21-22,24-25H,1,6-10H2,2-4H3/t11-,14-,17+,18+,19-,20-/m1/s1. The van der Waals surface area contributed by atoms with Crippen LogP contribution in [-0.2, 0) is 9.53 Å². The van der Waals surface area contributed by atoms with Crippen LogP contribution < -0.4 is 0 Å². The van der Waals surface area contributed by atoms with Crippen molar-refractivity contribution in [2.75, 3.05) is 6.61 Å². The first-order valence-corrected chi connectivity index (χ1v) is 9.30. The van der Waals surface area contributed by atoms with E-state index in [-0.39, 0.29) is 18.6 Å². The lowest BCUT2D eigenvalue weighted by Gasteiger charge is -2.62. The van der Waals surface area contributed by atoms with Gasteiger partial charge in [0, 0.05) is 16.4 Å². The molecule has 1 saturated carbocycles. The van der Waals surface area contributed by atoms with Crippen LogP contribution in [0, 0.1) is 16.2 Å². The van der Waals surface area contributed by atoms with Crippen molar-refractivity contribution in [1.29, 1.82) is 0 Å². The van der Waals surface area contributed by atoms with Crippen molar-refractivity contribution < 1.29 is 30.0 Å². The molecule has 0 spiro atoms. The van der Waals surface area contributed by atoms with Gasteiger partial charge < -0.3 is 25.2 Å². The third-order valence-electron chi connectivity index (χ3n) is 7.78. The molecule has 0 unspecified atom stereocenters. The van der Waals surface area contributed by atoms with Gasteiger partial charge in [-0.25, -0.2) is 0 Å². The van der Waals surface area contributed by atoms with E-state index < -0.39 is 45.6 Å². The van der Waals surface area contributed by atoms with E-state index in [2.05, 4.69) is 6.58 Å². The third-order valence-corrected chi connectivity index (χ3v) is 7.78. The number of rotatable bonds is 1. The van der Waals surface area contributed by atoms with Crippen molar-refractivity contribution in [3.63, 3.8) is 0 Å². The Labute approximate surface area is 153 Å². The van der Waals surface area contributed by atoms with Gasteiger partial charge in [0.25, 0.3) is 5.79 Å². The largest absolute Gasteiger partial charge is 0.389 e. The molecule has 0 radical (unpaired) electrons. The first-order chi connectivity index (χ1) is 11.9. The van der Waals surface area contributed by atoms with Crippen LogP contribution in [-0.4, -0.2) is 56.4 Å². The number of carbonyl (C=O) groups excluding carboxylic acids is 1. The molecule has 26 heavy (non-hydrogen) atoms. The molecule has 2 bridgehead atoms. The number of ether oxygens (including phenoxy) is 1. The van der Waals surface area contributed by atoms with Gasteiger partial charge in [0.1, 0.15) is 5.60 Å². The van der Waals surface area contributed by atoms with E-state index in [1.54, 1.807) is 6.92 Å². The molecule has 4 rings (SSSR count). The highest BCUT2D eigenvalue weighted by molar-refractivity contribution is 6.06. The van der Waals surface area contributed by atoms with Gasteiger partial charge >= 0.3 is 0 Å². The lowest BCUT2D eigenvalue weighted by atomic mass is 9.43. The summed E-state index contributed by atoms with van der Waals surface area (Å²) in [6.45, 7) is 9.05. The molecule has 1 heterocycles. The molecule has 2 fully saturated rings. The summed E-state index contributed by atoms with van der Waals surface area (Å²) in [5.41, 5.74) is -4.30. The summed E-state index contributed by atoms with van der Waals surface area (Å²) >= 11 is 0. The van der Waals surface area contributed by atoms with Crippen LogP contribution in [0.15, 0.2) is 23.8 Å². The van der Waals surface area contributed by atoms with E-state index in [9.17, 15) is 25.2 Å². The Morgan fingerprint density at radius 3 is 2.46 bits per heavy atom. The summed E-state index contributed by atoms with van der Waals surface area (Å²) in [7, 11) is 0. The van der Waals surface area contributed by atoms with Gasteiger partial charge in [-0.3, -0.25) is 4.79 Å². The molecule has 0 amide bonds. The van der Waals surface area contributed by atoms with Crippen LogP contribution in [0.2, 0.25) is 0 Å². The van der Waals surface area contributed by atoms with Crippen molar-refractivity contribution in [1.82, 2.24) is 0 Å². The van der Waals surface area contributed by atoms with E-state index in [0.29, 0.717) is 18.4 Å². The quantitative estimate of drug-likeness (QED) is 0.514. The fraction of sp³-hybridized carbons (Fsp3) is 0.750. The fourth-order valence-corrected chi connectivity index (χ4v) is 6.26. The monoisotopic (exact) mass is 364 g/mol. The maximum atomic E-state index is 13.3. The number of hydrogen-bond acceptors (Lipinski definition) is 6. The van der Waals surface area contributed by atoms with Crippen LogP contribution in [0.25, 0.3) is 0 Å². The summed E-state index contributed by atoms with van der Waals surface area (Å²) in [6, 6.07) is 0. The Hall–Kier alpha value is -1.05. The van der Waals surface area contributed by atoms with Gasteiger partial charge in [0.2, 0.25) is 5.78 Å². The number of Topliss-reactive ketones (excluding diaryl/α,β-unsaturated/α-hetero) is 1. The summed E-state index contributed by atoms with van der Waals surface area (Å²) in [4.78, 5) is 13.3. The van der Waals surface area contributed by atoms with Gasteiger partial charge in [0.15, 0.2) is 0 Å². The second kappa shape index (κ2) is 4.86. The molecular weight excluding hydrogens is 336 g/mol. The molecular formula is C20H28O6. The van der Waals surface area contributed by atoms with Crippen molar-refractivity contribution in [2.24, 2.45) is 16.2 Å². The number of carbonyl (C=O) groups is 1. The summed E-state index contributed by atoms with van der Waals surface area (Å²) in [6.07, 6.45) is 1.36. The minimum Gasteiger partial charge on any atom is -0.389 e. The van der Waals surface area contributed by atoms with Crippen LogP contribution in [0.1, 0.15) is 46.5 Å². The van der Waals surface area contributed by atoms with Crippen LogP contribution in [0.5, 0.6) is 0 Å². The Balaban J connectivity index is 2.06. The van der Waals surface area contributed by atoms with Gasteiger partial charge in [-0.05, 0) is 24.8 Å². The minimum atomic E-state index is -2.42. The minimum absolute atomic E-state index is 0.00600. The molecule has 0 aromatic carbocycles. The third kappa shape index (κ3) is 1.61. The maximum Gasteiger partial charge on any atom is 0.262 e. The van der Waals surface area contributed by atoms with E-state index in [0.717, 1.165) is 6.42 Å². The molecule has 4 N–H and O–H groups in total. The predicted molar refractivity (Wildman–Crippen MR) is 92.9 cm³/mol. The first kappa shape index (κ1) is 18.3. The summed E-state index contributed by atoms with van der Waals surface area (Å²) < 4.78 is 5.61. The van der Waals surface area contributed by atoms with Gasteiger partial charge in [-0.15, -0.1) is 6.58 Å². The van der Waals surface area contributed by atoms with Crippen molar-refractivity contribution in [3.8, 4) is 0 Å². The number of aliphatic hydroxyl groups is 4. The molecule has 0 aromatic heterocycles. The molecule has 1 aliphatic heterocycles. The zero-order valence-corrected chi connectivity index (χ0v) is 15.6. The van der Waals surface area contributed by atoms with Crippen LogP contribution in [0.3, 0.4) is 0 Å². The SMILES string of the molecule is C=C[C@@]1(C)C[C@@H](O)C2=C(C(=O)[C@@]3(O)OC[C@@]24CCCC(C)(C)[C@@]43O)[C@H]1O. The zero-order valence-electron chi connectivity index (χ0n) is 15.6. The van der Waals surface area contributed by atoms with E-state index in [1.807, 2.05) is 13.8 Å². The molecule has 6 heteroatoms. The van der Waals surface area contributed by atoms with Crippen molar-refractivity contribution >= 4 is 5.78 Å². The molecule has 144 valence electrons. The Morgan fingerprint density at radius 1 is 1.19 bits per heavy atom. The molecule has 6 nitrogen and oxygen atoms in total. The highest BCUT2D eigenvalue weighted by Crippen LogP contribution is 2.70. The first-order valence-electron chi connectivity index (χ1n) is 9.30. The molecule has 0 aromatic rings. The Bertz CT molecular complexity index is 741. The summed E-state index contributed by atoms with van der Waals surface area (Å²) in [5, 5.41) is 45.1. The number of aliphatic hydroxyl groups excluding tert-OH is 2. The average molecular weight is 364 g/mol. The molecule has 6 atom stereocenters. The lowest BCUT2D eigenvalue weighted by Crippen LogP contribution is -2.75. The van der Waals surface area contributed by atoms with E-state index in [1.165, 1.54) is 6.08 Å². The smallest absolute Gasteiger partial charge is 0.262 e. The molecule has 1 saturated heterocycles. The van der Waals surface area contributed by atoms with Crippen LogP contribution in [0.4, 0.5) is 0 Å². The molecule has 4 aliphatic rings. The van der Waals surface area contributed by atoms with Gasteiger partial charge in [-0.1, -0.05) is 33.3 Å². The van der Waals surface area contributed by atoms with Crippen molar-refractivity contribution in [2.45, 2.75) is 70.1 Å². The topological polar surface area (TPSA) is 107 Å². The normalized spacial score (nSPS) is 52.5. The highest BCUT2D eigenvalue weighted by atomic mass is 16.7. The second-order valence-corrected chi connectivity index (χ2v) is 9.45.